The van der Waals surface area contributed by atoms with Crippen molar-refractivity contribution in [1.82, 2.24) is 4.90 Å². The van der Waals surface area contributed by atoms with Crippen molar-refractivity contribution in [2.45, 2.75) is 33.3 Å². The number of ether oxygens (including phenoxy) is 1. The average molecular weight is 233 g/mol. The van der Waals surface area contributed by atoms with Crippen molar-refractivity contribution in [2.24, 2.45) is 5.92 Å². The largest absolute Gasteiger partial charge is 0.488 e. The van der Waals surface area contributed by atoms with Gasteiger partial charge in [-0.1, -0.05) is 32.9 Å². The number of benzene rings is 1. The molecule has 0 aromatic heterocycles. The van der Waals surface area contributed by atoms with Crippen LogP contribution in [0.1, 0.15) is 26.3 Å². The quantitative estimate of drug-likeness (QED) is 0.775. The van der Waals surface area contributed by atoms with Crippen molar-refractivity contribution in [2.75, 3.05) is 19.6 Å². The highest BCUT2D eigenvalue weighted by Crippen LogP contribution is 2.20. The topological polar surface area (TPSA) is 12.5 Å². The molecule has 0 spiro atoms. The van der Waals surface area contributed by atoms with Gasteiger partial charge in [0, 0.05) is 19.6 Å². The number of aryl methyl sites for hydroxylation is 1. The first-order chi connectivity index (χ1) is 8.17. The first-order valence-electron chi connectivity index (χ1n) is 6.65. The molecule has 0 saturated carbocycles. The molecule has 2 heteroatoms. The molecule has 1 aliphatic heterocycles. The molecule has 0 bridgehead atoms. The van der Waals surface area contributed by atoms with Crippen LogP contribution in [-0.4, -0.2) is 30.6 Å². The highest BCUT2D eigenvalue weighted by molar-refractivity contribution is 5.28. The fourth-order valence-electron chi connectivity index (χ4n) is 2.29. The zero-order valence-corrected chi connectivity index (χ0v) is 11.1. The van der Waals surface area contributed by atoms with Gasteiger partial charge in [-0.2, -0.15) is 0 Å². The van der Waals surface area contributed by atoms with Crippen LogP contribution in [0.15, 0.2) is 24.3 Å². The standard InChI is InChI=1S/C15H23NO/c1-4-13-6-5-7-14(8-13)17-15-10-16(11-15)9-12(2)3/h5-8,12,15H,4,9-11H2,1-3H3. The molecule has 94 valence electrons. The summed E-state index contributed by atoms with van der Waals surface area (Å²) in [6.07, 6.45) is 1.46. The molecular formula is C15H23NO. The molecular weight excluding hydrogens is 210 g/mol. The van der Waals surface area contributed by atoms with E-state index in [4.69, 9.17) is 4.74 Å². The van der Waals surface area contributed by atoms with E-state index in [1.54, 1.807) is 0 Å². The lowest BCUT2D eigenvalue weighted by atomic mass is 10.1. The van der Waals surface area contributed by atoms with Gasteiger partial charge in [0.15, 0.2) is 0 Å². The Morgan fingerprint density at radius 3 is 2.76 bits per heavy atom. The molecule has 1 heterocycles. The smallest absolute Gasteiger partial charge is 0.124 e. The van der Waals surface area contributed by atoms with Gasteiger partial charge in [-0.3, -0.25) is 4.90 Å². The van der Waals surface area contributed by atoms with Crippen LogP contribution in [0.5, 0.6) is 5.75 Å². The number of hydrogen-bond acceptors (Lipinski definition) is 2. The second-order valence-electron chi connectivity index (χ2n) is 5.35. The Hall–Kier alpha value is -1.02. The second-order valence-corrected chi connectivity index (χ2v) is 5.35. The van der Waals surface area contributed by atoms with Gasteiger partial charge in [-0.25, -0.2) is 0 Å². The van der Waals surface area contributed by atoms with Gasteiger partial charge in [-0.05, 0) is 30.0 Å². The van der Waals surface area contributed by atoms with E-state index in [0.717, 1.165) is 31.2 Å². The molecule has 1 fully saturated rings. The Kier molecular flexibility index (Phi) is 4.06. The first kappa shape index (κ1) is 12.4. The molecule has 2 rings (SSSR count). The van der Waals surface area contributed by atoms with Crippen molar-refractivity contribution < 1.29 is 4.74 Å². The van der Waals surface area contributed by atoms with Crippen LogP contribution in [0.3, 0.4) is 0 Å². The molecule has 1 saturated heterocycles. The molecule has 1 aromatic carbocycles. The summed E-state index contributed by atoms with van der Waals surface area (Å²) >= 11 is 0. The van der Waals surface area contributed by atoms with Crippen molar-refractivity contribution in [1.29, 1.82) is 0 Å². The van der Waals surface area contributed by atoms with Crippen molar-refractivity contribution in [3.05, 3.63) is 29.8 Å². The van der Waals surface area contributed by atoms with Crippen molar-refractivity contribution in [3.8, 4) is 5.75 Å². The highest BCUT2D eigenvalue weighted by Gasteiger charge is 2.28. The first-order valence-corrected chi connectivity index (χ1v) is 6.65. The van der Waals surface area contributed by atoms with E-state index in [1.807, 2.05) is 0 Å². The van der Waals surface area contributed by atoms with Crippen LogP contribution < -0.4 is 4.74 Å². The number of likely N-dealkylation sites (tertiary alicyclic amines) is 1. The molecule has 0 N–H and O–H groups in total. The van der Waals surface area contributed by atoms with Gasteiger partial charge >= 0.3 is 0 Å². The Morgan fingerprint density at radius 1 is 1.35 bits per heavy atom. The molecule has 2 nitrogen and oxygen atoms in total. The summed E-state index contributed by atoms with van der Waals surface area (Å²) in [4.78, 5) is 2.46. The summed E-state index contributed by atoms with van der Waals surface area (Å²) in [7, 11) is 0. The SMILES string of the molecule is CCc1cccc(OC2CN(CC(C)C)C2)c1. The third-order valence-electron chi connectivity index (χ3n) is 3.16. The van der Waals surface area contributed by atoms with E-state index >= 15 is 0 Å². The van der Waals surface area contributed by atoms with E-state index in [-0.39, 0.29) is 0 Å². The Bertz CT molecular complexity index is 356. The summed E-state index contributed by atoms with van der Waals surface area (Å²) in [5.41, 5.74) is 1.35. The van der Waals surface area contributed by atoms with Crippen LogP contribution in [0, 0.1) is 5.92 Å². The minimum Gasteiger partial charge on any atom is -0.488 e. The third kappa shape index (κ3) is 3.47. The minimum absolute atomic E-state index is 0.390. The van der Waals surface area contributed by atoms with E-state index in [2.05, 4.69) is 49.9 Å². The predicted molar refractivity (Wildman–Crippen MR) is 71.5 cm³/mol. The van der Waals surface area contributed by atoms with Crippen molar-refractivity contribution >= 4 is 0 Å². The van der Waals surface area contributed by atoms with Crippen LogP contribution in [0.25, 0.3) is 0 Å². The van der Waals surface area contributed by atoms with E-state index in [0.29, 0.717) is 6.10 Å². The molecule has 17 heavy (non-hydrogen) atoms. The van der Waals surface area contributed by atoms with Gasteiger partial charge < -0.3 is 4.74 Å². The molecule has 0 radical (unpaired) electrons. The normalized spacial score (nSPS) is 17.2. The number of nitrogens with zero attached hydrogens (tertiary/aromatic N) is 1. The molecule has 0 amide bonds. The fourth-order valence-corrected chi connectivity index (χ4v) is 2.29. The maximum atomic E-state index is 5.96. The highest BCUT2D eigenvalue weighted by atomic mass is 16.5. The Morgan fingerprint density at radius 2 is 2.12 bits per heavy atom. The van der Waals surface area contributed by atoms with Crippen LogP contribution in [-0.2, 0) is 6.42 Å². The van der Waals surface area contributed by atoms with E-state index in [1.165, 1.54) is 12.1 Å². The zero-order chi connectivity index (χ0) is 12.3. The number of rotatable bonds is 5. The van der Waals surface area contributed by atoms with Crippen LogP contribution in [0.2, 0.25) is 0 Å². The lowest BCUT2D eigenvalue weighted by molar-refractivity contribution is 0.0131. The molecule has 1 aromatic rings. The van der Waals surface area contributed by atoms with Gasteiger partial charge in [0.1, 0.15) is 11.9 Å². The molecule has 1 aliphatic rings. The third-order valence-corrected chi connectivity index (χ3v) is 3.16. The second kappa shape index (κ2) is 5.54. The van der Waals surface area contributed by atoms with Crippen LogP contribution >= 0.6 is 0 Å². The summed E-state index contributed by atoms with van der Waals surface area (Å²) < 4.78 is 5.96. The summed E-state index contributed by atoms with van der Waals surface area (Å²) in [6, 6.07) is 8.45. The maximum absolute atomic E-state index is 5.96. The molecule has 0 aliphatic carbocycles. The maximum Gasteiger partial charge on any atom is 0.124 e. The van der Waals surface area contributed by atoms with E-state index in [9.17, 15) is 0 Å². The van der Waals surface area contributed by atoms with Gasteiger partial charge in [-0.15, -0.1) is 0 Å². The van der Waals surface area contributed by atoms with E-state index < -0.39 is 0 Å². The van der Waals surface area contributed by atoms with Crippen molar-refractivity contribution in [3.63, 3.8) is 0 Å². The Labute approximate surface area is 105 Å². The monoisotopic (exact) mass is 233 g/mol. The summed E-state index contributed by atoms with van der Waals surface area (Å²) in [5, 5.41) is 0. The lowest BCUT2D eigenvalue weighted by Crippen LogP contribution is -2.54. The van der Waals surface area contributed by atoms with Gasteiger partial charge in [0.25, 0.3) is 0 Å². The van der Waals surface area contributed by atoms with Gasteiger partial charge in [0.2, 0.25) is 0 Å². The predicted octanol–water partition coefficient (Wildman–Crippen LogP) is 2.97. The summed E-state index contributed by atoms with van der Waals surface area (Å²) in [6.45, 7) is 10.0. The molecule has 0 atom stereocenters. The van der Waals surface area contributed by atoms with Gasteiger partial charge in [0.05, 0.1) is 0 Å². The Balaban J connectivity index is 1.79. The minimum atomic E-state index is 0.390. The van der Waals surface area contributed by atoms with Crippen LogP contribution in [0.4, 0.5) is 0 Å². The summed E-state index contributed by atoms with van der Waals surface area (Å²) in [5.74, 6) is 1.78. The zero-order valence-electron chi connectivity index (χ0n) is 11.1. The fraction of sp³-hybridized carbons (Fsp3) is 0.600. The lowest BCUT2D eigenvalue weighted by Gasteiger charge is -2.39. The molecule has 0 unspecified atom stereocenters. The average Bonchev–Trinajstić information content (AvgIpc) is 2.26. The number of hydrogen-bond donors (Lipinski definition) is 0.